The van der Waals surface area contributed by atoms with Gasteiger partial charge in [-0.1, -0.05) is 18.2 Å². The van der Waals surface area contributed by atoms with Gasteiger partial charge < -0.3 is 9.73 Å². The molecule has 5 nitrogen and oxygen atoms in total. The highest BCUT2D eigenvalue weighted by atomic mass is 16.3. The number of aromatic nitrogens is 1. The SMILES string of the molecule is Cc1ccc(-c2nc3ccccc3o2)cc1NC=C(C#N)C#N. The van der Waals surface area contributed by atoms with Crippen LogP contribution in [-0.4, -0.2) is 4.98 Å². The second kappa shape index (κ2) is 6.05. The Morgan fingerprint density at radius 1 is 1.17 bits per heavy atom. The summed E-state index contributed by atoms with van der Waals surface area (Å²) < 4.78 is 5.76. The van der Waals surface area contributed by atoms with Crippen molar-refractivity contribution in [2.45, 2.75) is 6.92 Å². The summed E-state index contributed by atoms with van der Waals surface area (Å²) >= 11 is 0. The van der Waals surface area contributed by atoms with Gasteiger partial charge >= 0.3 is 0 Å². The molecule has 5 heteroatoms. The van der Waals surface area contributed by atoms with E-state index in [1.165, 1.54) is 6.20 Å². The molecule has 0 aliphatic carbocycles. The molecule has 0 saturated carbocycles. The van der Waals surface area contributed by atoms with Crippen molar-refractivity contribution in [3.8, 4) is 23.6 Å². The van der Waals surface area contributed by atoms with Crippen molar-refractivity contribution in [1.29, 1.82) is 10.5 Å². The average molecular weight is 300 g/mol. The number of rotatable bonds is 3. The van der Waals surface area contributed by atoms with Gasteiger partial charge in [0, 0.05) is 17.5 Å². The summed E-state index contributed by atoms with van der Waals surface area (Å²) in [5, 5.41) is 20.5. The molecule has 0 bridgehead atoms. The summed E-state index contributed by atoms with van der Waals surface area (Å²) in [7, 11) is 0. The Kier molecular flexibility index (Phi) is 3.78. The number of para-hydroxylation sites is 2. The Bertz CT molecular complexity index is 937. The van der Waals surface area contributed by atoms with E-state index in [0.29, 0.717) is 5.89 Å². The summed E-state index contributed by atoms with van der Waals surface area (Å²) in [6.45, 7) is 1.93. The third-order valence-corrected chi connectivity index (χ3v) is 3.39. The summed E-state index contributed by atoms with van der Waals surface area (Å²) in [6.07, 6.45) is 1.39. The van der Waals surface area contributed by atoms with Gasteiger partial charge in [-0.05, 0) is 36.8 Å². The van der Waals surface area contributed by atoms with Gasteiger partial charge in [0.15, 0.2) is 5.58 Å². The molecule has 3 aromatic rings. The number of nitrogens with one attached hydrogen (secondary N) is 1. The first-order chi connectivity index (χ1) is 11.2. The van der Waals surface area contributed by atoms with Crippen molar-refractivity contribution in [3.05, 3.63) is 59.8 Å². The lowest BCUT2D eigenvalue weighted by Crippen LogP contribution is -1.93. The van der Waals surface area contributed by atoms with Crippen LogP contribution in [-0.2, 0) is 0 Å². The maximum atomic E-state index is 8.78. The van der Waals surface area contributed by atoms with E-state index in [2.05, 4.69) is 10.3 Å². The molecule has 0 saturated heterocycles. The van der Waals surface area contributed by atoms with Crippen LogP contribution in [0, 0.1) is 29.6 Å². The van der Waals surface area contributed by atoms with Gasteiger partial charge in [-0.15, -0.1) is 0 Å². The molecular formula is C18H12N4O. The molecular weight excluding hydrogens is 288 g/mol. The highest BCUT2D eigenvalue weighted by Crippen LogP contribution is 2.27. The lowest BCUT2D eigenvalue weighted by Gasteiger charge is -2.07. The smallest absolute Gasteiger partial charge is 0.227 e. The molecule has 0 fully saturated rings. The quantitative estimate of drug-likeness (QED) is 0.734. The Morgan fingerprint density at radius 3 is 2.70 bits per heavy atom. The van der Waals surface area contributed by atoms with Gasteiger partial charge in [-0.2, -0.15) is 10.5 Å². The number of aryl methyl sites for hydroxylation is 1. The standard InChI is InChI=1S/C18H12N4O/c1-12-6-7-14(8-16(12)21-11-13(9-19)10-20)18-22-15-4-2-3-5-17(15)23-18/h2-8,11,21H,1H3. The molecule has 0 aliphatic rings. The van der Waals surface area contributed by atoms with E-state index < -0.39 is 0 Å². The molecule has 1 aromatic heterocycles. The zero-order valence-corrected chi connectivity index (χ0v) is 12.4. The number of allylic oxidation sites excluding steroid dienone is 1. The first-order valence-electron chi connectivity index (χ1n) is 6.95. The fourth-order valence-electron chi connectivity index (χ4n) is 2.15. The van der Waals surface area contributed by atoms with Crippen molar-refractivity contribution in [3.63, 3.8) is 0 Å². The maximum absolute atomic E-state index is 8.78. The highest BCUT2D eigenvalue weighted by Gasteiger charge is 2.09. The first-order valence-corrected chi connectivity index (χ1v) is 6.95. The molecule has 0 amide bonds. The van der Waals surface area contributed by atoms with Crippen LogP contribution in [0.15, 0.2) is 58.7 Å². The van der Waals surface area contributed by atoms with E-state index in [9.17, 15) is 0 Å². The molecule has 3 rings (SSSR count). The molecule has 0 spiro atoms. The summed E-state index contributed by atoms with van der Waals surface area (Å²) in [4.78, 5) is 4.47. The minimum atomic E-state index is 0.0108. The molecule has 110 valence electrons. The van der Waals surface area contributed by atoms with Crippen molar-refractivity contribution in [2.24, 2.45) is 0 Å². The third-order valence-electron chi connectivity index (χ3n) is 3.39. The molecule has 2 aromatic carbocycles. The summed E-state index contributed by atoms with van der Waals surface area (Å²) in [5.41, 5.74) is 4.13. The van der Waals surface area contributed by atoms with Crippen LogP contribution in [0.4, 0.5) is 5.69 Å². The zero-order chi connectivity index (χ0) is 16.2. The van der Waals surface area contributed by atoms with Gasteiger partial charge in [-0.3, -0.25) is 0 Å². The van der Waals surface area contributed by atoms with Crippen LogP contribution in [0.2, 0.25) is 0 Å². The Hall–Kier alpha value is -3.57. The predicted octanol–water partition coefficient (Wildman–Crippen LogP) is 4.15. The van der Waals surface area contributed by atoms with Crippen molar-refractivity contribution < 1.29 is 4.42 Å². The Labute approximate surface area is 133 Å². The zero-order valence-electron chi connectivity index (χ0n) is 12.4. The topological polar surface area (TPSA) is 85.6 Å². The Morgan fingerprint density at radius 2 is 1.96 bits per heavy atom. The number of nitrogens with zero attached hydrogens (tertiary/aromatic N) is 3. The van der Waals surface area contributed by atoms with Gasteiger partial charge in [-0.25, -0.2) is 4.98 Å². The van der Waals surface area contributed by atoms with E-state index in [4.69, 9.17) is 14.9 Å². The summed E-state index contributed by atoms with van der Waals surface area (Å²) in [5.74, 6) is 0.527. The largest absolute Gasteiger partial charge is 0.436 e. The fraction of sp³-hybridized carbons (Fsp3) is 0.0556. The van der Waals surface area contributed by atoms with E-state index in [0.717, 1.165) is 27.9 Å². The number of hydrogen-bond donors (Lipinski definition) is 1. The lowest BCUT2D eigenvalue weighted by molar-refractivity contribution is 0.620. The highest BCUT2D eigenvalue weighted by molar-refractivity contribution is 5.77. The van der Waals surface area contributed by atoms with Gasteiger partial charge in [0.1, 0.15) is 23.2 Å². The molecule has 23 heavy (non-hydrogen) atoms. The predicted molar refractivity (Wildman–Crippen MR) is 87.1 cm³/mol. The molecule has 0 aliphatic heterocycles. The van der Waals surface area contributed by atoms with Crippen LogP contribution in [0.5, 0.6) is 0 Å². The third kappa shape index (κ3) is 2.90. The first kappa shape index (κ1) is 14.4. The van der Waals surface area contributed by atoms with Crippen LogP contribution < -0.4 is 5.32 Å². The number of nitriles is 2. The van der Waals surface area contributed by atoms with Crippen LogP contribution in [0.1, 0.15) is 5.56 Å². The van der Waals surface area contributed by atoms with Crippen molar-refractivity contribution in [1.82, 2.24) is 4.98 Å². The fourth-order valence-corrected chi connectivity index (χ4v) is 2.15. The number of hydrogen-bond acceptors (Lipinski definition) is 5. The summed E-state index contributed by atoms with van der Waals surface area (Å²) in [6, 6.07) is 16.9. The van der Waals surface area contributed by atoms with Crippen LogP contribution in [0.3, 0.4) is 0 Å². The molecule has 1 N–H and O–H groups in total. The van der Waals surface area contributed by atoms with Gasteiger partial charge in [0.25, 0.3) is 0 Å². The second-order valence-electron chi connectivity index (χ2n) is 4.94. The number of anilines is 1. The van der Waals surface area contributed by atoms with Crippen molar-refractivity contribution in [2.75, 3.05) is 5.32 Å². The number of fused-ring (bicyclic) bond motifs is 1. The number of benzene rings is 2. The minimum absolute atomic E-state index is 0.0108. The molecule has 1 heterocycles. The second-order valence-corrected chi connectivity index (χ2v) is 4.94. The molecule has 0 unspecified atom stereocenters. The average Bonchev–Trinajstić information content (AvgIpc) is 3.01. The molecule has 0 radical (unpaired) electrons. The Balaban J connectivity index is 1.98. The molecule has 0 atom stereocenters. The van der Waals surface area contributed by atoms with E-state index >= 15 is 0 Å². The minimum Gasteiger partial charge on any atom is -0.436 e. The van der Waals surface area contributed by atoms with Gasteiger partial charge in [0.2, 0.25) is 5.89 Å². The van der Waals surface area contributed by atoms with Crippen molar-refractivity contribution >= 4 is 16.8 Å². The van der Waals surface area contributed by atoms with E-state index in [-0.39, 0.29) is 5.57 Å². The lowest BCUT2D eigenvalue weighted by atomic mass is 10.1. The monoisotopic (exact) mass is 300 g/mol. The van der Waals surface area contributed by atoms with Crippen LogP contribution >= 0.6 is 0 Å². The van der Waals surface area contributed by atoms with E-state index in [1.807, 2.05) is 61.5 Å². The van der Waals surface area contributed by atoms with Gasteiger partial charge in [0.05, 0.1) is 0 Å². The normalized spacial score (nSPS) is 9.87. The number of oxazole rings is 1. The maximum Gasteiger partial charge on any atom is 0.227 e. The van der Waals surface area contributed by atoms with Crippen LogP contribution in [0.25, 0.3) is 22.6 Å². The van der Waals surface area contributed by atoms with E-state index in [1.54, 1.807) is 0 Å².